The SMILES string of the molecule is Cc1ccc(C23CC4CC(CC(NC(=O)Nc5cc(C)on5)(C4)C2)C3)cc1. The van der Waals surface area contributed by atoms with E-state index in [1.807, 2.05) is 6.92 Å². The molecule has 4 bridgehead atoms. The number of carbonyl (C=O) groups is 1. The fourth-order valence-electron chi connectivity index (χ4n) is 6.47. The first-order valence-corrected chi connectivity index (χ1v) is 10.0. The van der Waals surface area contributed by atoms with Crippen LogP contribution in [-0.2, 0) is 5.41 Å². The van der Waals surface area contributed by atoms with Gasteiger partial charge in [-0.2, -0.15) is 0 Å². The number of hydrogen-bond acceptors (Lipinski definition) is 3. The van der Waals surface area contributed by atoms with Crippen LogP contribution in [0.15, 0.2) is 34.9 Å². The first-order chi connectivity index (χ1) is 12.9. The minimum absolute atomic E-state index is 0.0994. The van der Waals surface area contributed by atoms with E-state index in [-0.39, 0.29) is 17.0 Å². The number of hydrogen-bond donors (Lipinski definition) is 2. The van der Waals surface area contributed by atoms with E-state index in [2.05, 4.69) is 47.0 Å². The molecule has 4 fully saturated rings. The molecule has 4 aliphatic carbocycles. The minimum Gasteiger partial charge on any atom is -0.360 e. The lowest BCUT2D eigenvalue weighted by molar-refractivity contribution is -0.0343. The Morgan fingerprint density at radius 3 is 2.44 bits per heavy atom. The molecule has 6 rings (SSSR count). The number of benzene rings is 1. The zero-order chi connectivity index (χ0) is 18.6. The van der Waals surface area contributed by atoms with Crippen LogP contribution in [-0.4, -0.2) is 16.7 Å². The highest BCUT2D eigenvalue weighted by Gasteiger charge is 2.58. The van der Waals surface area contributed by atoms with Crippen molar-refractivity contribution >= 4 is 11.8 Å². The molecule has 2 atom stereocenters. The van der Waals surface area contributed by atoms with E-state index in [1.165, 1.54) is 30.4 Å². The fraction of sp³-hybridized carbons (Fsp3) is 0.545. The van der Waals surface area contributed by atoms with Gasteiger partial charge in [0.2, 0.25) is 0 Å². The summed E-state index contributed by atoms with van der Waals surface area (Å²) in [5.74, 6) is 2.59. The van der Waals surface area contributed by atoms with Gasteiger partial charge in [0, 0.05) is 11.6 Å². The molecule has 2 N–H and O–H groups in total. The smallest absolute Gasteiger partial charge is 0.320 e. The quantitative estimate of drug-likeness (QED) is 0.828. The summed E-state index contributed by atoms with van der Waals surface area (Å²) in [6.07, 6.45) is 7.09. The Labute approximate surface area is 159 Å². The molecule has 2 unspecified atom stereocenters. The number of nitrogens with zero attached hydrogens (tertiary/aromatic N) is 1. The normalized spacial score (nSPS) is 33.9. The summed E-state index contributed by atoms with van der Waals surface area (Å²) in [6.45, 7) is 3.96. The van der Waals surface area contributed by atoms with E-state index in [1.54, 1.807) is 6.07 Å². The molecule has 142 valence electrons. The van der Waals surface area contributed by atoms with Crippen molar-refractivity contribution < 1.29 is 9.32 Å². The van der Waals surface area contributed by atoms with Gasteiger partial charge in [-0.3, -0.25) is 5.32 Å². The summed E-state index contributed by atoms with van der Waals surface area (Å²) in [5, 5.41) is 10.1. The Bertz CT molecular complexity index is 856. The number of rotatable bonds is 3. The van der Waals surface area contributed by atoms with Crippen molar-refractivity contribution in [1.82, 2.24) is 10.5 Å². The third-order valence-corrected chi connectivity index (χ3v) is 6.97. The van der Waals surface area contributed by atoms with E-state index in [9.17, 15) is 4.79 Å². The monoisotopic (exact) mass is 365 g/mol. The summed E-state index contributed by atoms with van der Waals surface area (Å²) in [5.41, 5.74) is 2.88. The van der Waals surface area contributed by atoms with Gasteiger partial charge in [0.25, 0.3) is 0 Å². The van der Waals surface area contributed by atoms with Crippen LogP contribution in [0.3, 0.4) is 0 Å². The van der Waals surface area contributed by atoms with Crippen molar-refractivity contribution in [2.24, 2.45) is 11.8 Å². The van der Waals surface area contributed by atoms with E-state index >= 15 is 0 Å². The molecule has 2 amide bonds. The fourth-order valence-corrected chi connectivity index (χ4v) is 6.47. The zero-order valence-corrected chi connectivity index (χ0v) is 16.0. The standard InChI is InChI=1S/C22H27N3O2/c1-14-3-5-18(6-4-14)21-9-16-8-17(10-21)12-22(11-16,13-21)24-20(26)23-19-7-15(2)27-25-19/h3-7,16-17H,8-13H2,1-2H3,(H2,23,24,25,26). The third-order valence-electron chi connectivity index (χ3n) is 6.97. The molecule has 4 aliphatic rings. The van der Waals surface area contributed by atoms with E-state index in [4.69, 9.17) is 4.52 Å². The Balaban J connectivity index is 1.39. The summed E-state index contributed by atoms with van der Waals surface area (Å²) in [7, 11) is 0. The van der Waals surface area contributed by atoms with Crippen LogP contribution in [0, 0.1) is 25.7 Å². The van der Waals surface area contributed by atoms with E-state index < -0.39 is 0 Å². The number of aryl methyl sites for hydroxylation is 2. The van der Waals surface area contributed by atoms with Gasteiger partial charge in [-0.25, -0.2) is 4.79 Å². The summed E-state index contributed by atoms with van der Waals surface area (Å²) >= 11 is 0. The summed E-state index contributed by atoms with van der Waals surface area (Å²) in [6, 6.07) is 10.7. The second-order valence-corrected chi connectivity index (χ2v) is 9.29. The summed E-state index contributed by atoms with van der Waals surface area (Å²) in [4.78, 5) is 12.7. The predicted molar refractivity (Wildman–Crippen MR) is 104 cm³/mol. The average molecular weight is 365 g/mol. The maximum Gasteiger partial charge on any atom is 0.320 e. The largest absolute Gasteiger partial charge is 0.360 e. The molecular weight excluding hydrogens is 338 g/mol. The second-order valence-electron chi connectivity index (χ2n) is 9.29. The Morgan fingerprint density at radius 1 is 1.11 bits per heavy atom. The van der Waals surface area contributed by atoms with Crippen LogP contribution in [0.25, 0.3) is 0 Å². The lowest BCUT2D eigenvalue weighted by Crippen LogP contribution is -2.64. The van der Waals surface area contributed by atoms with Crippen LogP contribution in [0.5, 0.6) is 0 Å². The molecule has 1 aromatic carbocycles. The minimum atomic E-state index is -0.163. The summed E-state index contributed by atoms with van der Waals surface area (Å²) < 4.78 is 5.05. The highest BCUT2D eigenvalue weighted by atomic mass is 16.5. The average Bonchev–Trinajstić information content (AvgIpc) is 2.98. The van der Waals surface area contributed by atoms with Gasteiger partial charge in [-0.1, -0.05) is 35.0 Å². The molecule has 0 saturated heterocycles. The van der Waals surface area contributed by atoms with Crippen LogP contribution < -0.4 is 10.6 Å². The first kappa shape index (κ1) is 16.8. The maximum atomic E-state index is 12.7. The number of aromatic nitrogens is 1. The van der Waals surface area contributed by atoms with Gasteiger partial charge in [-0.15, -0.1) is 0 Å². The van der Waals surface area contributed by atoms with Crippen LogP contribution in [0.4, 0.5) is 10.6 Å². The van der Waals surface area contributed by atoms with Gasteiger partial charge in [0.1, 0.15) is 5.76 Å². The van der Waals surface area contributed by atoms with E-state index in [0.717, 1.165) is 19.3 Å². The molecular formula is C22H27N3O2. The van der Waals surface area contributed by atoms with Crippen LogP contribution in [0.1, 0.15) is 55.4 Å². The van der Waals surface area contributed by atoms with Crippen molar-refractivity contribution in [3.05, 3.63) is 47.2 Å². The molecule has 0 aliphatic heterocycles. The van der Waals surface area contributed by atoms with Gasteiger partial charge < -0.3 is 9.84 Å². The van der Waals surface area contributed by atoms with Crippen molar-refractivity contribution in [2.75, 3.05) is 5.32 Å². The highest BCUT2D eigenvalue weighted by molar-refractivity contribution is 5.88. The van der Waals surface area contributed by atoms with Crippen molar-refractivity contribution in [1.29, 1.82) is 0 Å². The zero-order valence-electron chi connectivity index (χ0n) is 16.0. The molecule has 2 aromatic rings. The third kappa shape index (κ3) is 2.93. The number of urea groups is 1. The number of nitrogens with one attached hydrogen (secondary N) is 2. The molecule has 27 heavy (non-hydrogen) atoms. The number of amides is 2. The second kappa shape index (κ2) is 5.85. The Hall–Kier alpha value is -2.30. The molecule has 5 heteroatoms. The molecule has 0 radical (unpaired) electrons. The van der Waals surface area contributed by atoms with Crippen molar-refractivity contribution in [3.63, 3.8) is 0 Å². The highest BCUT2D eigenvalue weighted by Crippen LogP contribution is 2.62. The van der Waals surface area contributed by atoms with Crippen molar-refractivity contribution in [3.8, 4) is 0 Å². The maximum absolute atomic E-state index is 12.7. The van der Waals surface area contributed by atoms with Crippen LogP contribution >= 0.6 is 0 Å². The first-order valence-electron chi connectivity index (χ1n) is 10.0. The number of anilines is 1. The van der Waals surface area contributed by atoms with Crippen molar-refractivity contribution in [2.45, 2.75) is 63.3 Å². The molecule has 1 heterocycles. The lowest BCUT2D eigenvalue weighted by atomic mass is 9.45. The van der Waals surface area contributed by atoms with Gasteiger partial charge in [0.15, 0.2) is 5.82 Å². The molecule has 4 saturated carbocycles. The lowest BCUT2D eigenvalue weighted by Gasteiger charge is -2.62. The van der Waals surface area contributed by atoms with Gasteiger partial charge >= 0.3 is 6.03 Å². The van der Waals surface area contributed by atoms with Gasteiger partial charge in [-0.05, 0) is 75.2 Å². The van der Waals surface area contributed by atoms with Crippen LogP contribution in [0.2, 0.25) is 0 Å². The van der Waals surface area contributed by atoms with E-state index in [0.29, 0.717) is 23.4 Å². The number of carbonyl (C=O) groups excluding carboxylic acids is 1. The molecule has 0 spiro atoms. The molecule has 5 nitrogen and oxygen atoms in total. The topological polar surface area (TPSA) is 67.2 Å². The molecule has 1 aromatic heterocycles. The Morgan fingerprint density at radius 2 is 1.81 bits per heavy atom. The van der Waals surface area contributed by atoms with Gasteiger partial charge in [0.05, 0.1) is 0 Å². The Kier molecular flexibility index (Phi) is 3.65. The predicted octanol–water partition coefficient (Wildman–Crippen LogP) is 4.70.